The van der Waals surface area contributed by atoms with Crippen molar-refractivity contribution in [2.45, 2.75) is 64.3 Å². The molecular weight excluding hydrogens is 448 g/mol. The van der Waals surface area contributed by atoms with Crippen molar-refractivity contribution in [3.8, 4) is 0 Å². The van der Waals surface area contributed by atoms with Crippen LogP contribution in [0.1, 0.15) is 57.0 Å². The number of carbonyl (C=O) groups is 2. The minimum atomic E-state index is -0.786. The smallest absolute Gasteiger partial charge is 0.248 e. The Balaban J connectivity index is 1.60. The molecule has 0 saturated carbocycles. The van der Waals surface area contributed by atoms with Crippen LogP contribution in [0.2, 0.25) is 0 Å². The maximum atomic E-state index is 13.4. The molecule has 3 rings (SSSR count). The van der Waals surface area contributed by atoms with Crippen LogP contribution < -0.4 is 10.6 Å². The molecule has 33 heavy (non-hydrogen) atoms. The van der Waals surface area contributed by atoms with Crippen LogP contribution in [0.4, 0.5) is 13.9 Å². The molecule has 0 aliphatic carbocycles. The maximum Gasteiger partial charge on any atom is 0.248 e. The maximum absolute atomic E-state index is 13.4. The zero-order valence-electron chi connectivity index (χ0n) is 19.3. The fourth-order valence-electron chi connectivity index (χ4n) is 4.01. The molecule has 1 atom stereocenters. The third-order valence-electron chi connectivity index (χ3n) is 5.57. The first-order chi connectivity index (χ1) is 15.7. The Morgan fingerprint density at radius 1 is 1.15 bits per heavy atom. The van der Waals surface area contributed by atoms with E-state index in [0.29, 0.717) is 18.0 Å². The molecule has 1 aromatic heterocycles. The zero-order chi connectivity index (χ0) is 24.0. The fraction of sp³-hybridized carbons (Fsp3) is 0.565. The Hall–Kier alpha value is -2.46. The molecule has 2 heterocycles. The standard InChI is InChI=1S/C23H31F2N5O2S/c1-4-7-18(26-19(31)12-15-10-16(24)13-17(25)11-15)20(32)27-22-29-28-21(33-22)23(2,3)14-30-8-5-6-9-30/h10-11,13,18H,4-9,12,14H2,1-3H3,(H,26,31)(H,27,29,32). The largest absolute Gasteiger partial charge is 0.344 e. The summed E-state index contributed by atoms with van der Waals surface area (Å²) in [5, 5.41) is 15.1. The first-order valence-corrected chi connectivity index (χ1v) is 12.1. The summed E-state index contributed by atoms with van der Waals surface area (Å²) in [5.41, 5.74) is 0.0112. The van der Waals surface area contributed by atoms with Gasteiger partial charge in [0.05, 0.1) is 6.42 Å². The predicted octanol–water partition coefficient (Wildman–Crippen LogP) is 3.66. The van der Waals surface area contributed by atoms with Crippen molar-refractivity contribution in [3.05, 3.63) is 40.4 Å². The van der Waals surface area contributed by atoms with Gasteiger partial charge in [-0.1, -0.05) is 38.5 Å². The molecule has 1 unspecified atom stereocenters. The molecule has 1 fully saturated rings. The number of halogens is 2. The van der Waals surface area contributed by atoms with E-state index in [0.717, 1.165) is 42.8 Å². The van der Waals surface area contributed by atoms with Crippen molar-refractivity contribution in [1.29, 1.82) is 0 Å². The Labute approximate surface area is 197 Å². The van der Waals surface area contributed by atoms with E-state index in [1.54, 1.807) is 0 Å². The molecule has 7 nitrogen and oxygen atoms in total. The zero-order valence-corrected chi connectivity index (χ0v) is 20.1. The van der Waals surface area contributed by atoms with E-state index in [1.807, 2.05) is 6.92 Å². The van der Waals surface area contributed by atoms with Gasteiger partial charge in [-0.15, -0.1) is 10.2 Å². The second-order valence-corrected chi connectivity index (χ2v) is 10.1. The lowest BCUT2D eigenvalue weighted by Crippen LogP contribution is -2.44. The summed E-state index contributed by atoms with van der Waals surface area (Å²) < 4.78 is 26.8. The van der Waals surface area contributed by atoms with Gasteiger partial charge in [0.2, 0.25) is 16.9 Å². The van der Waals surface area contributed by atoms with Crippen LogP contribution in [0.3, 0.4) is 0 Å². The molecule has 0 radical (unpaired) electrons. The second kappa shape index (κ2) is 11.1. The van der Waals surface area contributed by atoms with Gasteiger partial charge in [0.15, 0.2) is 0 Å². The highest BCUT2D eigenvalue weighted by Gasteiger charge is 2.30. The number of nitrogens with zero attached hydrogens (tertiary/aromatic N) is 3. The Kier molecular flexibility index (Phi) is 8.47. The number of hydrogen-bond acceptors (Lipinski definition) is 6. The number of aromatic nitrogens is 2. The Morgan fingerprint density at radius 3 is 2.45 bits per heavy atom. The van der Waals surface area contributed by atoms with Crippen LogP contribution in [0.25, 0.3) is 0 Å². The highest BCUT2D eigenvalue weighted by molar-refractivity contribution is 7.15. The minimum Gasteiger partial charge on any atom is -0.344 e. The quantitative estimate of drug-likeness (QED) is 0.543. The van der Waals surface area contributed by atoms with Gasteiger partial charge in [-0.3, -0.25) is 14.9 Å². The summed E-state index contributed by atoms with van der Waals surface area (Å²) in [6.07, 6.45) is 3.28. The lowest BCUT2D eigenvalue weighted by atomic mass is 9.94. The van der Waals surface area contributed by atoms with Gasteiger partial charge in [0.25, 0.3) is 0 Å². The number of nitrogens with one attached hydrogen (secondary N) is 2. The van der Waals surface area contributed by atoms with Crippen LogP contribution in [0, 0.1) is 11.6 Å². The molecule has 0 bridgehead atoms. The van der Waals surface area contributed by atoms with E-state index in [9.17, 15) is 18.4 Å². The highest BCUT2D eigenvalue weighted by atomic mass is 32.1. The van der Waals surface area contributed by atoms with E-state index >= 15 is 0 Å². The van der Waals surface area contributed by atoms with E-state index in [1.165, 1.54) is 24.2 Å². The molecule has 2 aromatic rings. The first kappa shape index (κ1) is 25.2. The summed E-state index contributed by atoms with van der Waals surface area (Å²) >= 11 is 1.33. The van der Waals surface area contributed by atoms with E-state index in [4.69, 9.17) is 0 Å². The molecular formula is C23H31F2N5O2S. The number of anilines is 1. The summed E-state index contributed by atoms with van der Waals surface area (Å²) in [7, 11) is 0. The minimum absolute atomic E-state index is 0.192. The number of benzene rings is 1. The molecule has 2 N–H and O–H groups in total. The van der Waals surface area contributed by atoms with E-state index in [2.05, 4.69) is 39.6 Å². The lowest BCUT2D eigenvalue weighted by Gasteiger charge is -2.27. The Morgan fingerprint density at radius 2 is 1.82 bits per heavy atom. The number of rotatable bonds is 10. The van der Waals surface area contributed by atoms with Crippen molar-refractivity contribution in [2.24, 2.45) is 0 Å². The van der Waals surface area contributed by atoms with Crippen LogP contribution in [0.5, 0.6) is 0 Å². The summed E-state index contributed by atoms with van der Waals surface area (Å²) in [5.74, 6) is -2.38. The fourth-order valence-corrected chi connectivity index (χ4v) is 4.85. The van der Waals surface area contributed by atoms with E-state index < -0.39 is 29.5 Å². The third kappa shape index (κ3) is 7.26. The van der Waals surface area contributed by atoms with Gasteiger partial charge in [-0.05, 0) is 50.0 Å². The van der Waals surface area contributed by atoms with E-state index in [-0.39, 0.29) is 17.4 Å². The molecule has 1 aromatic carbocycles. The van der Waals surface area contributed by atoms with Crippen LogP contribution >= 0.6 is 11.3 Å². The number of likely N-dealkylation sites (tertiary alicyclic amines) is 1. The molecule has 1 aliphatic heterocycles. The third-order valence-corrected chi connectivity index (χ3v) is 6.77. The number of amides is 2. The molecule has 180 valence electrons. The highest BCUT2D eigenvalue weighted by Crippen LogP contribution is 2.30. The molecule has 10 heteroatoms. The van der Waals surface area contributed by atoms with Crippen LogP contribution in [-0.2, 0) is 21.4 Å². The van der Waals surface area contributed by atoms with Crippen molar-refractivity contribution in [3.63, 3.8) is 0 Å². The number of carbonyl (C=O) groups excluding carboxylic acids is 2. The molecule has 0 spiro atoms. The normalized spacial score (nSPS) is 15.4. The Bertz CT molecular complexity index is 955. The number of hydrogen-bond donors (Lipinski definition) is 2. The van der Waals surface area contributed by atoms with Gasteiger partial charge in [0.1, 0.15) is 22.7 Å². The average Bonchev–Trinajstić information content (AvgIpc) is 3.39. The van der Waals surface area contributed by atoms with Gasteiger partial charge >= 0.3 is 0 Å². The van der Waals surface area contributed by atoms with Gasteiger partial charge in [0, 0.05) is 18.0 Å². The van der Waals surface area contributed by atoms with Crippen molar-refractivity contribution in [2.75, 3.05) is 25.0 Å². The first-order valence-electron chi connectivity index (χ1n) is 11.3. The van der Waals surface area contributed by atoms with Crippen LogP contribution in [-0.4, -0.2) is 52.6 Å². The molecule has 2 amide bonds. The SMILES string of the molecule is CCCC(NC(=O)Cc1cc(F)cc(F)c1)C(=O)Nc1nnc(C(C)(C)CN2CCCC2)s1. The monoisotopic (exact) mass is 479 g/mol. The summed E-state index contributed by atoms with van der Waals surface area (Å²) in [4.78, 5) is 27.6. The molecule has 1 saturated heterocycles. The van der Waals surface area contributed by atoms with Crippen molar-refractivity contribution >= 4 is 28.3 Å². The van der Waals surface area contributed by atoms with Gasteiger partial charge in [-0.25, -0.2) is 8.78 Å². The second-order valence-electron chi connectivity index (χ2n) is 9.13. The predicted molar refractivity (Wildman–Crippen MR) is 124 cm³/mol. The summed E-state index contributed by atoms with van der Waals surface area (Å²) in [6, 6.07) is 2.16. The topological polar surface area (TPSA) is 87.2 Å². The van der Waals surface area contributed by atoms with Crippen molar-refractivity contribution in [1.82, 2.24) is 20.4 Å². The van der Waals surface area contributed by atoms with Gasteiger partial charge in [-0.2, -0.15) is 0 Å². The van der Waals surface area contributed by atoms with Crippen LogP contribution in [0.15, 0.2) is 18.2 Å². The van der Waals surface area contributed by atoms with Gasteiger partial charge < -0.3 is 10.2 Å². The lowest BCUT2D eigenvalue weighted by molar-refractivity contribution is -0.126. The summed E-state index contributed by atoms with van der Waals surface area (Å²) in [6.45, 7) is 9.20. The average molecular weight is 480 g/mol. The van der Waals surface area contributed by atoms with Crippen molar-refractivity contribution < 1.29 is 18.4 Å². The molecule has 1 aliphatic rings.